The molecule has 0 aromatic heterocycles. The highest BCUT2D eigenvalue weighted by molar-refractivity contribution is 9.10. The molecule has 0 aliphatic rings. The van der Waals surface area contributed by atoms with Crippen molar-refractivity contribution in [3.05, 3.63) is 28.2 Å². The third kappa shape index (κ3) is 6.26. The van der Waals surface area contributed by atoms with Gasteiger partial charge in [0.15, 0.2) is 0 Å². The van der Waals surface area contributed by atoms with Crippen LogP contribution in [0.25, 0.3) is 0 Å². The van der Waals surface area contributed by atoms with Gasteiger partial charge in [-0.3, -0.25) is 0 Å². The standard InChI is InChI=1S/C15H22BrF3N2/c1-3-7-21(10-15(17,18)19)14-9-12(16)6-5-11(14)8-13(20)4-2/h5-6,9,13H,3-4,7-8,10,20H2,1-2H3. The van der Waals surface area contributed by atoms with E-state index < -0.39 is 12.7 Å². The lowest BCUT2D eigenvalue weighted by molar-refractivity contribution is -0.119. The van der Waals surface area contributed by atoms with Crippen LogP contribution in [0.5, 0.6) is 0 Å². The van der Waals surface area contributed by atoms with E-state index in [1.54, 1.807) is 6.07 Å². The molecule has 0 amide bonds. The molecule has 0 radical (unpaired) electrons. The lowest BCUT2D eigenvalue weighted by Crippen LogP contribution is -2.36. The second-order valence-electron chi connectivity index (χ2n) is 5.18. The molecule has 0 aliphatic carbocycles. The zero-order valence-corrected chi connectivity index (χ0v) is 14.0. The Morgan fingerprint density at radius 3 is 2.48 bits per heavy atom. The van der Waals surface area contributed by atoms with Crippen LogP contribution in [0.4, 0.5) is 18.9 Å². The Labute approximate surface area is 132 Å². The van der Waals surface area contributed by atoms with Crippen molar-refractivity contribution in [3.63, 3.8) is 0 Å². The Morgan fingerprint density at radius 1 is 1.29 bits per heavy atom. The zero-order valence-electron chi connectivity index (χ0n) is 12.4. The van der Waals surface area contributed by atoms with Crippen molar-refractivity contribution < 1.29 is 13.2 Å². The van der Waals surface area contributed by atoms with E-state index in [9.17, 15) is 13.2 Å². The Bertz CT molecular complexity index is 449. The molecule has 0 saturated heterocycles. The van der Waals surface area contributed by atoms with Crippen molar-refractivity contribution in [3.8, 4) is 0 Å². The first-order valence-corrected chi connectivity index (χ1v) is 7.91. The molecule has 0 aliphatic heterocycles. The third-order valence-electron chi connectivity index (χ3n) is 3.26. The van der Waals surface area contributed by atoms with E-state index in [1.807, 2.05) is 26.0 Å². The molecule has 0 saturated carbocycles. The molecular formula is C15H22BrF3N2. The van der Waals surface area contributed by atoms with Crippen molar-refractivity contribution in [1.29, 1.82) is 0 Å². The second kappa shape index (κ2) is 8.03. The predicted molar refractivity (Wildman–Crippen MR) is 84.7 cm³/mol. The SMILES string of the molecule is CCCN(CC(F)(F)F)c1cc(Br)ccc1CC(N)CC. The predicted octanol–water partition coefficient (Wildman–Crippen LogP) is 4.51. The Kier molecular flexibility index (Phi) is 7.00. The number of anilines is 1. The molecule has 6 heteroatoms. The number of nitrogens with two attached hydrogens (primary N) is 1. The van der Waals surface area contributed by atoms with Gasteiger partial charge in [-0.1, -0.05) is 35.8 Å². The van der Waals surface area contributed by atoms with Crippen LogP contribution in [-0.2, 0) is 6.42 Å². The van der Waals surface area contributed by atoms with Crippen LogP contribution < -0.4 is 10.6 Å². The van der Waals surface area contributed by atoms with E-state index in [2.05, 4.69) is 15.9 Å². The summed E-state index contributed by atoms with van der Waals surface area (Å²) in [5.74, 6) is 0. The van der Waals surface area contributed by atoms with E-state index in [4.69, 9.17) is 5.73 Å². The molecule has 2 N–H and O–H groups in total. The summed E-state index contributed by atoms with van der Waals surface area (Å²) >= 11 is 3.34. The first-order valence-electron chi connectivity index (χ1n) is 7.12. The fourth-order valence-corrected chi connectivity index (χ4v) is 2.55. The minimum absolute atomic E-state index is 0.0423. The van der Waals surface area contributed by atoms with Gasteiger partial charge in [-0.05, 0) is 37.0 Å². The molecule has 0 bridgehead atoms. The van der Waals surface area contributed by atoms with Crippen molar-refractivity contribution in [2.24, 2.45) is 5.73 Å². The van der Waals surface area contributed by atoms with Crippen LogP contribution >= 0.6 is 15.9 Å². The number of nitrogens with zero attached hydrogens (tertiary/aromatic N) is 1. The van der Waals surface area contributed by atoms with E-state index in [1.165, 1.54) is 4.90 Å². The van der Waals surface area contributed by atoms with Gasteiger partial charge in [-0.15, -0.1) is 0 Å². The average Bonchev–Trinajstić information content (AvgIpc) is 2.38. The smallest absolute Gasteiger partial charge is 0.362 e. The minimum Gasteiger partial charge on any atom is -0.362 e. The molecule has 0 spiro atoms. The lowest BCUT2D eigenvalue weighted by Gasteiger charge is -2.28. The lowest BCUT2D eigenvalue weighted by atomic mass is 10.0. The molecule has 1 aromatic carbocycles. The van der Waals surface area contributed by atoms with Gasteiger partial charge in [-0.2, -0.15) is 13.2 Å². The van der Waals surface area contributed by atoms with Crippen LogP contribution in [0.1, 0.15) is 32.3 Å². The fraction of sp³-hybridized carbons (Fsp3) is 0.600. The third-order valence-corrected chi connectivity index (χ3v) is 3.75. The van der Waals surface area contributed by atoms with Gasteiger partial charge in [0.2, 0.25) is 0 Å². The summed E-state index contributed by atoms with van der Waals surface area (Å²) in [5, 5.41) is 0. The molecule has 1 rings (SSSR count). The monoisotopic (exact) mass is 366 g/mol. The first kappa shape index (κ1) is 18.3. The molecule has 0 heterocycles. The topological polar surface area (TPSA) is 29.3 Å². The van der Waals surface area contributed by atoms with Crippen LogP contribution in [-0.4, -0.2) is 25.3 Å². The van der Waals surface area contributed by atoms with Gasteiger partial charge in [-0.25, -0.2) is 0 Å². The Morgan fingerprint density at radius 2 is 1.95 bits per heavy atom. The molecule has 2 nitrogen and oxygen atoms in total. The van der Waals surface area contributed by atoms with Gasteiger partial charge >= 0.3 is 6.18 Å². The molecule has 120 valence electrons. The minimum atomic E-state index is -4.22. The quantitative estimate of drug-likeness (QED) is 0.769. The van der Waals surface area contributed by atoms with Crippen LogP contribution in [0, 0.1) is 0 Å². The van der Waals surface area contributed by atoms with Crippen LogP contribution in [0.15, 0.2) is 22.7 Å². The van der Waals surface area contributed by atoms with Crippen molar-refractivity contribution in [2.45, 2.75) is 45.3 Å². The summed E-state index contributed by atoms with van der Waals surface area (Å²) in [6.07, 6.45) is -2.19. The summed E-state index contributed by atoms with van der Waals surface area (Å²) in [7, 11) is 0. The number of benzene rings is 1. The van der Waals surface area contributed by atoms with Crippen LogP contribution in [0.2, 0.25) is 0 Å². The van der Waals surface area contributed by atoms with E-state index in [0.717, 1.165) is 16.5 Å². The van der Waals surface area contributed by atoms with Gasteiger partial charge in [0, 0.05) is 22.7 Å². The maximum absolute atomic E-state index is 12.8. The van der Waals surface area contributed by atoms with Crippen molar-refractivity contribution in [1.82, 2.24) is 0 Å². The highest BCUT2D eigenvalue weighted by Gasteiger charge is 2.31. The number of hydrogen-bond acceptors (Lipinski definition) is 2. The highest BCUT2D eigenvalue weighted by Crippen LogP contribution is 2.29. The summed E-state index contributed by atoms with van der Waals surface area (Å²) in [6.45, 7) is 3.28. The molecule has 0 fully saturated rings. The highest BCUT2D eigenvalue weighted by atomic mass is 79.9. The summed E-state index contributed by atoms with van der Waals surface area (Å²) in [5.41, 5.74) is 7.44. The Balaban J connectivity index is 3.12. The summed E-state index contributed by atoms with van der Waals surface area (Å²) < 4.78 is 39.2. The van der Waals surface area contributed by atoms with Gasteiger partial charge in [0.1, 0.15) is 6.54 Å². The fourth-order valence-electron chi connectivity index (χ4n) is 2.20. The number of alkyl halides is 3. The van der Waals surface area contributed by atoms with Crippen molar-refractivity contribution in [2.75, 3.05) is 18.0 Å². The summed E-state index contributed by atoms with van der Waals surface area (Å²) in [4.78, 5) is 1.39. The van der Waals surface area contributed by atoms with Crippen LogP contribution in [0.3, 0.4) is 0 Å². The molecule has 1 atom stereocenters. The summed E-state index contributed by atoms with van der Waals surface area (Å²) in [6, 6.07) is 5.41. The average molecular weight is 367 g/mol. The molecule has 21 heavy (non-hydrogen) atoms. The van der Waals surface area contributed by atoms with Gasteiger partial charge in [0.05, 0.1) is 0 Å². The first-order chi connectivity index (χ1) is 9.76. The van der Waals surface area contributed by atoms with Gasteiger partial charge in [0.25, 0.3) is 0 Å². The number of hydrogen-bond donors (Lipinski definition) is 1. The number of halogens is 4. The molecular weight excluding hydrogens is 345 g/mol. The second-order valence-corrected chi connectivity index (χ2v) is 6.10. The van der Waals surface area contributed by atoms with Crippen molar-refractivity contribution >= 4 is 21.6 Å². The maximum atomic E-state index is 12.8. The number of rotatable bonds is 7. The normalized spacial score (nSPS) is 13.3. The van der Waals surface area contributed by atoms with E-state index >= 15 is 0 Å². The maximum Gasteiger partial charge on any atom is 0.405 e. The zero-order chi connectivity index (χ0) is 16.0. The molecule has 1 unspecified atom stereocenters. The largest absolute Gasteiger partial charge is 0.405 e. The molecule has 1 aromatic rings. The van der Waals surface area contributed by atoms with Gasteiger partial charge < -0.3 is 10.6 Å². The van der Waals surface area contributed by atoms with E-state index in [-0.39, 0.29) is 6.04 Å². The van der Waals surface area contributed by atoms with E-state index in [0.29, 0.717) is 25.1 Å². The Hall–Kier alpha value is -0.750.